The van der Waals surface area contributed by atoms with E-state index in [-0.39, 0.29) is 0 Å². The molecule has 0 unspecified atom stereocenters. The highest BCUT2D eigenvalue weighted by atomic mass is 35.5. The lowest BCUT2D eigenvalue weighted by Crippen LogP contribution is -2.26. The molecule has 0 spiro atoms. The lowest BCUT2D eigenvalue weighted by molar-refractivity contribution is 0.797. The lowest BCUT2D eigenvalue weighted by atomic mass is 10.2. The van der Waals surface area contributed by atoms with Gasteiger partial charge in [-0.2, -0.15) is 5.10 Å². The van der Waals surface area contributed by atoms with E-state index in [9.17, 15) is 0 Å². The quantitative estimate of drug-likeness (QED) is 0.775. The molecule has 0 radical (unpaired) electrons. The number of hydrogen-bond donors (Lipinski definition) is 0. The second kappa shape index (κ2) is 6.36. The Labute approximate surface area is 112 Å². The number of halogens is 1. The molecule has 18 heavy (non-hydrogen) atoms. The fourth-order valence-corrected chi connectivity index (χ4v) is 1.99. The molecule has 2 rings (SSSR count). The molecule has 4 heteroatoms. The summed E-state index contributed by atoms with van der Waals surface area (Å²) in [6.07, 6.45) is 1.75. The molecule has 0 saturated heterocycles. The van der Waals surface area contributed by atoms with Crippen molar-refractivity contribution >= 4 is 17.4 Å². The molecule has 0 fully saturated rings. The molecule has 1 heterocycles. The Hall–Kier alpha value is -1.61. The number of anilines is 1. The van der Waals surface area contributed by atoms with E-state index < -0.39 is 0 Å². The summed E-state index contributed by atoms with van der Waals surface area (Å²) in [5.74, 6) is 1.45. The van der Waals surface area contributed by atoms with Crippen molar-refractivity contribution in [2.75, 3.05) is 17.3 Å². The summed E-state index contributed by atoms with van der Waals surface area (Å²) >= 11 is 5.86. The van der Waals surface area contributed by atoms with E-state index in [1.807, 2.05) is 31.2 Å². The Bertz CT molecular complexity index is 487. The third-order valence-electron chi connectivity index (χ3n) is 2.67. The zero-order chi connectivity index (χ0) is 12.8. The molecule has 94 valence electrons. The summed E-state index contributed by atoms with van der Waals surface area (Å²) in [6, 6.07) is 12.3. The Morgan fingerprint density at radius 2 is 2.00 bits per heavy atom. The summed E-state index contributed by atoms with van der Waals surface area (Å²) in [6.45, 7) is 3.57. The fourth-order valence-electron chi connectivity index (χ4n) is 1.78. The van der Waals surface area contributed by atoms with E-state index in [4.69, 9.17) is 11.6 Å². The van der Waals surface area contributed by atoms with Crippen molar-refractivity contribution in [1.82, 2.24) is 10.2 Å². The number of nitrogens with zero attached hydrogens (tertiary/aromatic N) is 3. The number of hydrogen-bond acceptors (Lipinski definition) is 3. The molecule has 0 atom stereocenters. The zero-order valence-electron chi connectivity index (χ0n) is 10.4. The first-order valence-corrected chi connectivity index (χ1v) is 6.47. The topological polar surface area (TPSA) is 29.0 Å². The monoisotopic (exact) mass is 261 g/mol. The van der Waals surface area contributed by atoms with Gasteiger partial charge in [-0.05, 0) is 24.1 Å². The smallest absolute Gasteiger partial charge is 0.151 e. The molecule has 0 aliphatic rings. The second-order valence-electron chi connectivity index (χ2n) is 4.19. The van der Waals surface area contributed by atoms with Crippen molar-refractivity contribution in [3.05, 3.63) is 53.7 Å². The predicted octanol–water partition coefficient (Wildman–Crippen LogP) is 3.03. The summed E-state index contributed by atoms with van der Waals surface area (Å²) in [5, 5.41) is 8.17. The van der Waals surface area contributed by atoms with Gasteiger partial charge in [0.15, 0.2) is 5.82 Å². The molecular formula is C14H16ClN3. The van der Waals surface area contributed by atoms with Crippen LogP contribution in [0.3, 0.4) is 0 Å². The van der Waals surface area contributed by atoms with E-state index in [0.717, 1.165) is 24.5 Å². The SMILES string of the molecule is Cc1cnnc(N(CCCl)Cc2ccccc2)c1. The van der Waals surface area contributed by atoms with Gasteiger partial charge in [0, 0.05) is 19.0 Å². The van der Waals surface area contributed by atoms with Gasteiger partial charge in [-0.15, -0.1) is 16.7 Å². The lowest BCUT2D eigenvalue weighted by Gasteiger charge is -2.22. The van der Waals surface area contributed by atoms with E-state index in [0.29, 0.717) is 5.88 Å². The highest BCUT2D eigenvalue weighted by Crippen LogP contribution is 2.14. The van der Waals surface area contributed by atoms with Crippen molar-refractivity contribution in [2.45, 2.75) is 13.5 Å². The van der Waals surface area contributed by atoms with Crippen LogP contribution in [0.25, 0.3) is 0 Å². The Morgan fingerprint density at radius 1 is 1.22 bits per heavy atom. The van der Waals surface area contributed by atoms with E-state index in [1.54, 1.807) is 6.20 Å². The van der Waals surface area contributed by atoms with Gasteiger partial charge in [0.2, 0.25) is 0 Å². The van der Waals surface area contributed by atoms with Gasteiger partial charge in [-0.1, -0.05) is 30.3 Å². The molecule has 0 aliphatic carbocycles. The van der Waals surface area contributed by atoms with Gasteiger partial charge in [0.1, 0.15) is 0 Å². The van der Waals surface area contributed by atoms with Crippen LogP contribution in [0.15, 0.2) is 42.6 Å². The number of aryl methyl sites for hydroxylation is 1. The molecule has 1 aromatic heterocycles. The van der Waals surface area contributed by atoms with Crippen molar-refractivity contribution in [2.24, 2.45) is 0 Å². The second-order valence-corrected chi connectivity index (χ2v) is 4.57. The Balaban J connectivity index is 2.18. The van der Waals surface area contributed by atoms with Gasteiger partial charge >= 0.3 is 0 Å². The van der Waals surface area contributed by atoms with Crippen LogP contribution in [-0.2, 0) is 6.54 Å². The molecule has 0 saturated carbocycles. The Kier molecular flexibility index (Phi) is 4.53. The minimum atomic E-state index is 0.572. The van der Waals surface area contributed by atoms with Crippen LogP contribution < -0.4 is 4.90 Å². The Morgan fingerprint density at radius 3 is 2.67 bits per heavy atom. The van der Waals surface area contributed by atoms with Gasteiger partial charge in [0.25, 0.3) is 0 Å². The van der Waals surface area contributed by atoms with E-state index in [2.05, 4.69) is 27.2 Å². The summed E-state index contributed by atoms with van der Waals surface area (Å²) in [5.41, 5.74) is 2.35. The van der Waals surface area contributed by atoms with Crippen LogP contribution in [0.4, 0.5) is 5.82 Å². The van der Waals surface area contributed by atoms with Crippen LogP contribution in [0, 0.1) is 6.92 Å². The van der Waals surface area contributed by atoms with Gasteiger partial charge in [-0.3, -0.25) is 0 Å². The van der Waals surface area contributed by atoms with Crippen molar-refractivity contribution in [3.63, 3.8) is 0 Å². The van der Waals surface area contributed by atoms with Crippen LogP contribution in [0.5, 0.6) is 0 Å². The molecule has 0 N–H and O–H groups in total. The normalized spacial score (nSPS) is 10.3. The van der Waals surface area contributed by atoms with E-state index in [1.165, 1.54) is 5.56 Å². The minimum Gasteiger partial charge on any atom is -0.350 e. The largest absolute Gasteiger partial charge is 0.350 e. The maximum atomic E-state index is 5.86. The van der Waals surface area contributed by atoms with Crippen molar-refractivity contribution in [1.29, 1.82) is 0 Å². The summed E-state index contributed by atoms with van der Waals surface area (Å²) in [7, 11) is 0. The fraction of sp³-hybridized carbons (Fsp3) is 0.286. The van der Waals surface area contributed by atoms with Crippen molar-refractivity contribution < 1.29 is 0 Å². The standard InChI is InChI=1S/C14H16ClN3/c1-12-9-14(17-16-10-12)18(8-7-15)11-13-5-3-2-4-6-13/h2-6,9-10H,7-8,11H2,1H3. The molecule has 0 aliphatic heterocycles. The molecule has 0 bridgehead atoms. The third-order valence-corrected chi connectivity index (χ3v) is 2.84. The molecule has 1 aromatic carbocycles. The predicted molar refractivity (Wildman–Crippen MR) is 75.0 cm³/mol. The summed E-state index contributed by atoms with van der Waals surface area (Å²) in [4.78, 5) is 2.14. The number of benzene rings is 1. The average Bonchev–Trinajstić information content (AvgIpc) is 2.39. The summed E-state index contributed by atoms with van der Waals surface area (Å²) < 4.78 is 0. The first-order valence-electron chi connectivity index (χ1n) is 5.94. The first-order chi connectivity index (χ1) is 8.79. The van der Waals surface area contributed by atoms with Crippen LogP contribution >= 0.6 is 11.6 Å². The molecule has 2 aromatic rings. The van der Waals surface area contributed by atoms with Gasteiger partial charge < -0.3 is 4.90 Å². The van der Waals surface area contributed by atoms with Crippen molar-refractivity contribution in [3.8, 4) is 0 Å². The van der Waals surface area contributed by atoms with E-state index >= 15 is 0 Å². The highest BCUT2D eigenvalue weighted by molar-refractivity contribution is 6.18. The third kappa shape index (κ3) is 3.44. The highest BCUT2D eigenvalue weighted by Gasteiger charge is 2.08. The first kappa shape index (κ1) is 12.8. The number of rotatable bonds is 5. The van der Waals surface area contributed by atoms with Crippen LogP contribution in [0.2, 0.25) is 0 Å². The van der Waals surface area contributed by atoms with Gasteiger partial charge in [-0.25, -0.2) is 0 Å². The van der Waals surface area contributed by atoms with Crippen LogP contribution in [-0.4, -0.2) is 22.6 Å². The van der Waals surface area contributed by atoms with Gasteiger partial charge in [0.05, 0.1) is 6.20 Å². The molecule has 3 nitrogen and oxygen atoms in total. The number of aromatic nitrogens is 2. The average molecular weight is 262 g/mol. The molecule has 0 amide bonds. The molecular weight excluding hydrogens is 246 g/mol. The maximum Gasteiger partial charge on any atom is 0.151 e. The maximum absolute atomic E-state index is 5.86. The number of alkyl halides is 1. The zero-order valence-corrected chi connectivity index (χ0v) is 11.1. The minimum absolute atomic E-state index is 0.572. The van der Waals surface area contributed by atoms with Crippen LogP contribution in [0.1, 0.15) is 11.1 Å².